The van der Waals surface area contributed by atoms with E-state index in [1.54, 1.807) is 0 Å². The van der Waals surface area contributed by atoms with Crippen molar-refractivity contribution in [3.05, 3.63) is 0 Å². The normalized spacial score (nSPS) is 27.0. The van der Waals surface area contributed by atoms with Crippen LogP contribution in [-0.2, 0) is 9.16 Å². The molecule has 0 aliphatic carbocycles. The second kappa shape index (κ2) is 3.69. The highest BCUT2D eigenvalue weighted by atomic mass is 28.4. The summed E-state index contributed by atoms with van der Waals surface area (Å²) in [6.45, 7) is 7.48. The van der Waals surface area contributed by atoms with Crippen molar-refractivity contribution in [1.29, 1.82) is 0 Å². The van der Waals surface area contributed by atoms with Gasteiger partial charge in [-0.3, -0.25) is 0 Å². The zero-order valence-corrected chi connectivity index (χ0v) is 8.72. The quantitative estimate of drug-likeness (QED) is 0.598. The van der Waals surface area contributed by atoms with Crippen molar-refractivity contribution in [1.82, 2.24) is 0 Å². The van der Waals surface area contributed by atoms with Crippen LogP contribution in [0.25, 0.3) is 0 Å². The van der Waals surface area contributed by atoms with Crippen LogP contribution in [0.15, 0.2) is 0 Å². The van der Waals surface area contributed by atoms with Gasteiger partial charge in [0.25, 0.3) is 0 Å². The molecule has 1 heterocycles. The third-order valence-electron chi connectivity index (χ3n) is 1.62. The first kappa shape index (κ1) is 9.23. The van der Waals surface area contributed by atoms with Crippen LogP contribution in [-0.4, -0.2) is 21.2 Å². The molecule has 0 aromatic carbocycles. The number of hydrogen-bond donors (Lipinski definition) is 0. The monoisotopic (exact) mass is 174 g/mol. The maximum absolute atomic E-state index is 5.80. The minimum absolute atomic E-state index is 0.107. The Morgan fingerprint density at radius 1 is 1.27 bits per heavy atom. The molecule has 0 aromatic rings. The van der Waals surface area contributed by atoms with E-state index in [4.69, 9.17) is 9.16 Å². The first-order valence-electron chi connectivity index (χ1n) is 4.37. The largest absolute Gasteiger partial charge is 0.393 e. The van der Waals surface area contributed by atoms with Crippen LogP contribution in [0.1, 0.15) is 19.3 Å². The molecule has 2 nitrogen and oxygen atoms in total. The Kier molecular flexibility index (Phi) is 3.10. The van der Waals surface area contributed by atoms with Gasteiger partial charge in [0, 0.05) is 6.61 Å². The van der Waals surface area contributed by atoms with E-state index in [1.807, 2.05) is 0 Å². The average molecular weight is 174 g/mol. The van der Waals surface area contributed by atoms with Crippen LogP contribution >= 0.6 is 0 Å². The molecule has 1 rings (SSSR count). The summed E-state index contributed by atoms with van der Waals surface area (Å²) in [7, 11) is -1.37. The average Bonchev–Trinajstić information content (AvgIpc) is 1.85. The Hall–Kier alpha value is 0.137. The second-order valence-corrected chi connectivity index (χ2v) is 8.49. The van der Waals surface area contributed by atoms with Crippen molar-refractivity contribution in [2.75, 3.05) is 6.61 Å². The van der Waals surface area contributed by atoms with E-state index in [0.29, 0.717) is 0 Å². The first-order valence-corrected chi connectivity index (χ1v) is 7.78. The van der Waals surface area contributed by atoms with Crippen LogP contribution in [0.3, 0.4) is 0 Å². The topological polar surface area (TPSA) is 18.5 Å². The minimum atomic E-state index is -1.37. The Labute approximate surface area is 70.0 Å². The molecule has 1 aliphatic heterocycles. The smallest absolute Gasteiger partial charge is 0.187 e. The Morgan fingerprint density at radius 3 is 2.45 bits per heavy atom. The third kappa shape index (κ3) is 3.89. The van der Waals surface area contributed by atoms with Crippen molar-refractivity contribution < 1.29 is 9.16 Å². The fourth-order valence-corrected chi connectivity index (χ4v) is 2.17. The number of hydrogen-bond acceptors (Lipinski definition) is 2. The van der Waals surface area contributed by atoms with Crippen molar-refractivity contribution in [2.24, 2.45) is 0 Å². The van der Waals surface area contributed by atoms with Gasteiger partial charge in [-0.05, 0) is 38.9 Å². The Balaban J connectivity index is 2.24. The summed E-state index contributed by atoms with van der Waals surface area (Å²) in [6.07, 6.45) is 3.65. The van der Waals surface area contributed by atoms with Gasteiger partial charge >= 0.3 is 0 Å². The van der Waals surface area contributed by atoms with Crippen LogP contribution in [0.2, 0.25) is 19.6 Å². The molecule has 0 radical (unpaired) electrons. The molecule has 3 heteroatoms. The minimum Gasteiger partial charge on any atom is -0.393 e. The molecule has 11 heavy (non-hydrogen) atoms. The van der Waals surface area contributed by atoms with Crippen LogP contribution < -0.4 is 0 Å². The summed E-state index contributed by atoms with van der Waals surface area (Å²) in [5.41, 5.74) is 0. The zero-order valence-electron chi connectivity index (χ0n) is 7.72. The highest BCUT2D eigenvalue weighted by molar-refractivity contribution is 6.69. The first-order chi connectivity index (χ1) is 5.08. The fourth-order valence-electron chi connectivity index (χ4n) is 1.20. The molecule has 1 fully saturated rings. The van der Waals surface area contributed by atoms with Gasteiger partial charge in [-0.15, -0.1) is 0 Å². The molecule has 0 amide bonds. The SMILES string of the molecule is C[Si](C)(C)OC1CCCCO1. The predicted octanol–water partition coefficient (Wildman–Crippen LogP) is 2.36. The van der Waals surface area contributed by atoms with Crippen LogP contribution in [0.5, 0.6) is 0 Å². The molecule has 0 spiro atoms. The Bertz CT molecular complexity index is 114. The summed E-state index contributed by atoms with van der Waals surface area (Å²) in [6, 6.07) is 0. The van der Waals surface area contributed by atoms with E-state index < -0.39 is 8.32 Å². The van der Waals surface area contributed by atoms with Gasteiger partial charge in [0.15, 0.2) is 8.32 Å². The molecule has 1 atom stereocenters. The summed E-state index contributed by atoms with van der Waals surface area (Å²) in [5.74, 6) is 0. The molecule has 1 aliphatic rings. The summed E-state index contributed by atoms with van der Waals surface area (Å²) in [5, 5.41) is 0. The van der Waals surface area contributed by atoms with Gasteiger partial charge in [-0.25, -0.2) is 0 Å². The summed E-state index contributed by atoms with van der Waals surface area (Å²) < 4.78 is 11.3. The van der Waals surface area contributed by atoms with Gasteiger partial charge in [-0.1, -0.05) is 0 Å². The van der Waals surface area contributed by atoms with Crippen LogP contribution in [0.4, 0.5) is 0 Å². The number of rotatable bonds is 2. The molecule has 0 bridgehead atoms. The maximum atomic E-state index is 5.80. The van der Waals surface area contributed by atoms with E-state index in [-0.39, 0.29) is 6.29 Å². The van der Waals surface area contributed by atoms with Gasteiger partial charge in [0.05, 0.1) is 0 Å². The number of ether oxygens (including phenoxy) is 1. The van der Waals surface area contributed by atoms with Crippen molar-refractivity contribution in [3.8, 4) is 0 Å². The molecule has 1 saturated heterocycles. The van der Waals surface area contributed by atoms with Crippen molar-refractivity contribution in [2.45, 2.75) is 45.2 Å². The van der Waals surface area contributed by atoms with E-state index in [1.165, 1.54) is 12.8 Å². The van der Waals surface area contributed by atoms with E-state index in [0.717, 1.165) is 13.0 Å². The molecule has 0 N–H and O–H groups in total. The standard InChI is InChI=1S/C8H18O2Si/c1-11(2,3)10-8-6-4-5-7-9-8/h8H,4-7H2,1-3H3. The molecular formula is C8H18O2Si. The predicted molar refractivity (Wildman–Crippen MR) is 48.0 cm³/mol. The molecular weight excluding hydrogens is 156 g/mol. The maximum Gasteiger partial charge on any atom is 0.187 e. The van der Waals surface area contributed by atoms with Gasteiger partial charge in [-0.2, -0.15) is 0 Å². The lowest BCUT2D eigenvalue weighted by molar-refractivity contribution is -0.111. The molecule has 1 unspecified atom stereocenters. The highest BCUT2D eigenvalue weighted by Gasteiger charge is 2.22. The lowest BCUT2D eigenvalue weighted by atomic mass is 10.2. The van der Waals surface area contributed by atoms with Gasteiger partial charge in [0.1, 0.15) is 6.29 Å². The van der Waals surface area contributed by atoms with E-state index >= 15 is 0 Å². The Morgan fingerprint density at radius 2 is 2.00 bits per heavy atom. The fraction of sp³-hybridized carbons (Fsp3) is 1.00. The van der Waals surface area contributed by atoms with Gasteiger partial charge in [0.2, 0.25) is 0 Å². The lowest BCUT2D eigenvalue weighted by Gasteiger charge is -2.29. The van der Waals surface area contributed by atoms with Crippen LogP contribution in [0, 0.1) is 0 Å². The molecule has 0 aromatic heterocycles. The van der Waals surface area contributed by atoms with E-state index in [9.17, 15) is 0 Å². The van der Waals surface area contributed by atoms with E-state index in [2.05, 4.69) is 19.6 Å². The molecule has 0 saturated carbocycles. The van der Waals surface area contributed by atoms with Crippen molar-refractivity contribution >= 4 is 8.32 Å². The summed E-state index contributed by atoms with van der Waals surface area (Å²) in [4.78, 5) is 0. The second-order valence-electron chi connectivity index (χ2n) is 4.03. The lowest BCUT2D eigenvalue weighted by Crippen LogP contribution is -2.35. The summed E-state index contributed by atoms with van der Waals surface area (Å²) >= 11 is 0. The van der Waals surface area contributed by atoms with Crippen molar-refractivity contribution in [3.63, 3.8) is 0 Å². The van der Waals surface area contributed by atoms with Gasteiger partial charge < -0.3 is 9.16 Å². The third-order valence-corrected chi connectivity index (χ3v) is 2.59. The molecule has 66 valence electrons. The zero-order chi connectivity index (χ0) is 8.32. The highest BCUT2D eigenvalue weighted by Crippen LogP contribution is 2.17.